The van der Waals surface area contributed by atoms with Gasteiger partial charge in [0.25, 0.3) is 0 Å². The maximum Gasteiger partial charge on any atom is 0.230 e. The summed E-state index contributed by atoms with van der Waals surface area (Å²) < 4.78 is 7.50. The zero-order chi connectivity index (χ0) is 19.2. The zero-order valence-electron chi connectivity index (χ0n) is 15.4. The van der Waals surface area contributed by atoms with Crippen molar-refractivity contribution in [1.29, 1.82) is 0 Å². The molecular formula is C20H22N4O2S. The monoisotopic (exact) mass is 382 g/mol. The minimum Gasteiger partial charge on any atom is -0.469 e. The molecule has 7 heteroatoms. The third kappa shape index (κ3) is 4.31. The summed E-state index contributed by atoms with van der Waals surface area (Å²) >= 11 is 1.36. The fraction of sp³-hybridized carbons (Fsp3) is 0.250. The first-order valence-electron chi connectivity index (χ1n) is 8.66. The topological polar surface area (TPSA) is 73.0 Å². The quantitative estimate of drug-likeness (QED) is 0.473. The number of furan rings is 1. The Kier molecular flexibility index (Phi) is 6.13. The van der Waals surface area contributed by atoms with Gasteiger partial charge >= 0.3 is 0 Å². The third-order valence-electron chi connectivity index (χ3n) is 4.21. The van der Waals surface area contributed by atoms with Gasteiger partial charge < -0.3 is 9.73 Å². The molecule has 27 heavy (non-hydrogen) atoms. The fourth-order valence-electron chi connectivity index (χ4n) is 2.77. The van der Waals surface area contributed by atoms with E-state index >= 15 is 0 Å². The highest BCUT2D eigenvalue weighted by Crippen LogP contribution is 2.32. The van der Waals surface area contributed by atoms with Crippen molar-refractivity contribution in [1.82, 2.24) is 20.1 Å². The highest BCUT2D eigenvalue weighted by molar-refractivity contribution is 7.99. The van der Waals surface area contributed by atoms with Crippen LogP contribution < -0.4 is 5.32 Å². The molecule has 6 nitrogen and oxygen atoms in total. The van der Waals surface area contributed by atoms with Gasteiger partial charge in [0.15, 0.2) is 11.0 Å². The van der Waals surface area contributed by atoms with Gasteiger partial charge in [0, 0.05) is 6.54 Å². The molecule has 0 fully saturated rings. The molecule has 0 saturated heterocycles. The first-order valence-corrected chi connectivity index (χ1v) is 9.65. The van der Waals surface area contributed by atoms with Crippen LogP contribution in [0.5, 0.6) is 0 Å². The lowest BCUT2D eigenvalue weighted by Gasteiger charge is -2.18. The van der Waals surface area contributed by atoms with Crippen LogP contribution in [-0.4, -0.2) is 33.0 Å². The lowest BCUT2D eigenvalue weighted by Crippen LogP contribution is -2.25. The molecule has 3 rings (SSSR count). The normalized spacial score (nSPS) is 11.9. The summed E-state index contributed by atoms with van der Waals surface area (Å²) in [6.07, 6.45) is 3.30. The number of nitrogens with zero attached hydrogens (tertiary/aromatic N) is 3. The molecule has 0 saturated carbocycles. The van der Waals surface area contributed by atoms with E-state index < -0.39 is 0 Å². The summed E-state index contributed by atoms with van der Waals surface area (Å²) in [7, 11) is 0. The van der Waals surface area contributed by atoms with Gasteiger partial charge in [-0.1, -0.05) is 48.2 Å². The second-order valence-electron chi connectivity index (χ2n) is 6.03. The van der Waals surface area contributed by atoms with Crippen LogP contribution >= 0.6 is 11.8 Å². The smallest absolute Gasteiger partial charge is 0.230 e. The summed E-state index contributed by atoms with van der Waals surface area (Å²) in [5, 5.41) is 12.2. The van der Waals surface area contributed by atoms with Crippen molar-refractivity contribution in [3.63, 3.8) is 0 Å². The van der Waals surface area contributed by atoms with Crippen LogP contribution in [0.4, 0.5) is 0 Å². The van der Waals surface area contributed by atoms with Crippen LogP contribution in [0.25, 0.3) is 11.4 Å². The third-order valence-corrected chi connectivity index (χ3v) is 5.15. The Bertz CT molecular complexity index is 917. The molecule has 0 aliphatic heterocycles. The lowest BCUT2D eigenvalue weighted by atomic mass is 10.1. The molecule has 140 valence electrons. The highest BCUT2D eigenvalue weighted by Gasteiger charge is 2.22. The predicted molar refractivity (Wildman–Crippen MR) is 107 cm³/mol. The number of aromatic nitrogens is 3. The van der Waals surface area contributed by atoms with Crippen LogP contribution in [0.1, 0.15) is 24.3 Å². The van der Waals surface area contributed by atoms with E-state index in [0.717, 1.165) is 22.7 Å². The average molecular weight is 382 g/mol. The van der Waals surface area contributed by atoms with Crippen molar-refractivity contribution in [3.8, 4) is 11.4 Å². The molecule has 1 amide bonds. The Morgan fingerprint density at radius 3 is 2.78 bits per heavy atom. The number of nitrogens with one attached hydrogen (secondary N) is 1. The SMILES string of the molecule is C=CCNC(=O)CSc1nnc(-c2ccoc2C)n1C(C)c1ccccc1. The molecule has 0 aliphatic carbocycles. The maximum atomic E-state index is 12.0. The summed E-state index contributed by atoms with van der Waals surface area (Å²) in [4.78, 5) is 12.0. The molecule has 3 aromatic rings. The van der Waals surface area contributed by atoms with Crippen molar-refractivity contribution in [3.05, 3.63) is 66.6 Å². The van der Waals surface area contributed by atoms with E-state index in [2.05, 4.69) is 45.7 Å². The van der Waals surface area contributed by atoms with E-state index in [9.17, 15) is 4.79 Å². The van der Waals surface area contributed by atoms with Crippen molar-refractivity contribution in [2.45, 2.75) is 25.0 Å². The average Bonchev–Trinajstić information content (AvgIpc) is 3.30. The first-order chi connectivity index (χ1) is 13.1. The van der Waals surface area contributed by atoms with E-state index in [1.807, 2.05) is 31.2 Å². The number of aryl methyl sites for hydroxylation is 1. The Morgan fingerprint density at radius 1 is 1.33 bits per heavy atom. The van der Waals surface area contributed by atoms with Crippen LogP contribution in [0, 0.1) is 6.92 Å². The summed E-state index contributed by atoms with van der Waals surface area (Å²) in [6.45, 7) is 8.05. The summed E-state index contributed by atoms with van der Waals surface area (Å²) in [5.74, 6) is 1.70. The van der Waals surface area contributed by atoms with Crippen molar-refractivity contribution in [2.24, 2.45) is 0 Å². The van der Waals surface area contributed by atoms with Crippen molar-refractivity contribution in [2.75, 3.05) is 12.3 Å². The van der Waals surface area contributed by atoms with Gasteiger partial charge in [-0.25, -0.2) is 0 Å². The zero-order valence-corrected chi connectivity index (χ0v) is 16.2. The molecule has 0 bridgehead atoms. The predicted octanol–water partition coefficient (Wildman–Crippen LogP) is 3.85. The maximum absolute atomic E-state index is 12.0. The minimum absolute atomic E-state index is 0.00392. The number of amides is 1. The highest BCUT2D eigenvalue weighted by atomic mass is 32.2. The van der Waals surface area contributed by atoms with Gasteiger partial charge in [0.05, 0.1) is 23.6 Å². The Balaban J connectivity index is 1.94. The number of benzene rings is 1. The van der Waals surface area contributed by atoms with E-state index in [4.69, 9.17) is 4.42 Å². The van der Waals surface area contributed by atoms with Crippen molar-refractivity contribution >= 4 is 17.7 Å². The van der Waals surface area contributed by atoms with Gasteiger partial charge in [0.1, 0.15) is 5.76 Å². The molecule has 1 aromatic carbocycles. The van der Waals surface area contributed by atoms with Gasteiger partial charge in [-0.15, -0.1) is 16.8 Å². The van der Waals surface area contributed by atoms with Gasteiger partial charge in [0.2, 0.25) is 5.91 Å². The molecular weight excluding hydrogens is 360 g/mol. The van der Waals surface area contributed by atoms with Crippen LogP contribution in [0.15, 0.2) is 64.9 Å². The number of carbonyl (C=O) groups is 1. The lowest BCUT2D eigenvalue weighted by molar-refractivity contribution is -0.118. The van der Waals surface area contributed by atoms with Crippen LogP contribution in [0.2, 0.25) is 0 Å². The molecule has 1 unspecified atom stereocenters. The van der Waals surface area contributed by atoms with Crippen LogP contribution in [0.3, 0.4) is 0 Å². The largest absolute Gasteiger partial charge is 0.469 e. The first kappa shape index (κ1) is 19.0. The molecule has 1 atom stereocenters. The molecule has 0 radical (unpaired) electrons. The summed E-state index contributed by atoms with van der Waals surface area (Å²) in [5.41, 5.74) is 2.03. The molecule has 0 spiro atoms. The second kappa shape index (κ2) is 8.73. The molecule has 2 aromatic heterocycles. The van der Waals surface area contributed by atoms with Gasteiger partial charge in [-0.2, -0.15) is 0 Å². The number of carbonyl (C=O) groups excluding carboxylic acids is 1. The fourth-order valence-corrected chi connectivity index (χ4v) is 3.62. The van der Waals surface area contributed by atoms with Crippen molar-refractivity contribution < 1.29 is 9.21 Å². The number of rotatable bonds is 8. The minimum atomic E-state index is -0.0668. The van der Waals surface area contributed by atoms with E-state index in [-0.39, 0.29) is 17.7 Å². The van der Waals surface area contributed by atoms with Gasteiger partial charge in [-0.05, 0) is 25.5 Å². The Morgan fingerprint density at radius 2 is 2.11 bits per heavy atom. The molecule has 0 aliphatic rings. The van der Waals surface area contributed by atoms with E-state index in [1.165, 1.54) is 11.8 Å². The van der Waals surface area contributed by atoms with Crippen LogP contribution in [-0.2, 0) is 4.79 Å². The molecule has 2 heterocycles. The summed E-state index contributed by atoms with van der Waals surface area (Å²) in [6, 6.07) is 12.0. The molecule has 1 N–H and O–H groups in total. The van der Waals surface area contributed by atoms with Gasteiger partial charge in [-0.3, -0.25) is 9.36 Å². The Labute approximate surface area is 162 Å². The Hall–Kier alpha value is -2.80. The second-order valence-corrected chi connectivity index (χ2v) is 6.98. The standard InChI is InChI=1S/C20H22N4O2S/c1-4-11-21-18(25)13-27-20-23-22-19(17-10-12-26-15(17)3)24(20)14(2)16-8-6-5-7-9-16/h4-10,12,14H,1,11,13H2,2-3H3,(H,21,25). The number of thioether (sulfide) groups is 1. The van der Waals surface area contributed by atoms with E-state index in [0.29, 0.717) is 11.7 Å². The van der Waals surface area contributed by atoms with E-state index in [1.54, 1.807) is 12.3 Å². The number of hydrogen-bond acceptors (Lipinski definition) is 5. The number of hydrogen-bond donors (Lipinski definition) is 1.